The van der Waals surface area contributed by atoms with Gasteiger partial charge in [0, 0.05) is 42.5 Å². The molecule has 120 valence electrons. The number of nitrogens with zero attached hydrogens (tertiary/aromatic N) is 2. The van der Waals surface area contributed by atoms with Crippen molar-refractivity contribution in [3.63, 3.8) is 0 Å². The van der Waals surface area contributed by atoms with E-state index in [1.807, 2.05) is 55.1 Å². The third-order valence-electron chi connectivity index (χ3n) is 4.41. The average Bonchev–Trinajstić information content (AvgIpc) is 2.57. The summed E-state index contributed by atoms with van der Waals surface area (Å²) in [4.78, 5) is 16.8. The first-order chi connectivity index (χ1) is 11.1. The van der Waals surface area contributed by atoms with Crippen LogP contribution in [0.25, 0.3) is 0 Å². The maximum atomic E-state index is 12.6. The summed E-state index contributed by atoms with van der Waals surface area (Å²) in [5.41, 5.74) is 4.16. The van der Waals surface area contributed by atoms with Gasteiger partial charge in [0.1, 0.15) is 0 Å². The van der Waals surface area contributed by atoms with E-state index >= 15 is 0 Å². The van der Waals surface area contributed by atoms with E-state index in [0.29, 0.717) is 0 Å². The molecule has 0 N–H and O–H groups in total. The van der Waals surface area contributed by atoms with Crippen LogP contribution in [0.4, 0.5) is 5.69 Å². The summed E-state index contributed by atoms with van der Waals surface area (Å²) in [6.07, 6.45) is 0. The fraction of sp³-hybridized carbons (Fsp3) is 0.316. The molecule has 1 aliphatic rings. The van der Waals surface area contributed by atoms with Gasteiger partial charge in [-0.3, -0.25) is 4.79 Å². The van der Waals surface area contributed by atoms with Crippen LogP contribution in [0.5, 0.6) is 0 Å². The van der Waals surface area contributed by atoms with Crippen LogP contribution in [0.3, 0.4) is 0 Å². The standard InChI is InChI=1S/C19H21ClN2O/c1-14-5-3-6-16(13-14)19(23)22-11-9-21(10-12-22)18-8-4-7-17(20)15(18)2/h3-8,13H,9-12H2,1-2H3. The molecule has 0 bridgehead atoms. The van der Waals surface area contributed by atoms with Crippen molar-refractivity contribution in [2.24, 2.45) is 0 Å². The number of anilines is 1. The Kier molecular flexibility index (Phi) is 4.58. The Labute approximate surface area is 142 Å². The summed E-state index contributed by atoms with van der Waals surface area (Å²) >= 11 is 6.22. The maximum Gasteiger partial charge on any atom is 0.253 e. The zero-order chi connectivity index (χ0) is 16.4. The molecule has 2 aromatic rings. The zero-order valence-corrected chi connectivity index (χ0v) is 14.3. The molecular formula is C19H21ClN2O. The number of benzene rings is 2. The van der Waals surface area contributed by atoms with Crippen LogP contribution < -0.4 is 4.90 Å². The summed E-state index contributed by atoms with van der Waals surface area (Å²) in [7, 11) is 0. The molecule has 0 radical (unpaired) electrons. The van der Waals surface area contributed by atoms with Crippen molar-refractivity contribution in [2.45, 2.75) is 13.8 Å². The molecule has 1 saturated heterocycles. The molecule has 1 amide bonds. The summed E-state index contributed by atoms with van der Waals surface area (Å²) in [5, 5.41) is 0.792. The Morgan fingerprint density at radius 2 is 1.70 bits per heavy atom. The Morgan fingerprint density at radius 1 is 1.00 bits per heavy atom. The molecular weight excluding hydrogens is 308 g/mol. The molecule has 1 heterocycles. The van der Waals surface area contributed by atoms with Gasteiger partial charge in [0.2, 0.25) is 0 Å². The van der Waals surface area contributed by atoms with Gasteiger partial charge in [-0.1, -0.05) is 35.4 Å². The van der Waals surface area contributed by atoms with Gasteiger partial charge in [0.05, 0.1) is 0 Å². The lowest BCUT2D eigenvalue weighted by Crippen LogP contribution is -2.49. The molecule has 2 aromatic carbocycles. The second kappa shape index (κ2) is 6.63. The van der Waals surface area contributed by atoms with E-state index < -0.39 is 0 Å². The van der Waals surface area contributed by atoms with E-state index in [2.05, 4.69) is 11.0 Å². The first-order valence-corrected chi connectivity index (χ1v) is 8.30. The molecule has 4 heteroatoms. The van der Waals surface area contributed by atoms with Crippen molar-refractivity contribution in [3.05, 3.63) is 64.2 Å². The molecule has 3 rings (SSSR count). The predicted octanol–water partition coefficient (Wildman–Crippen LogP) is 3.92. The molecule has 23 heavy (non-hydrogen) atoms. The minimum Gasteiger partial charge on any atom is -0.368 e. The fourth-order valence-electron chi connectivity index (χ4n) is 3.05. The number of piperazine rings is 1. The van der Waals surface area contributed by atoms with E-state index in [0.717, 1.165) is 47.9 Å². The van der Waals surface area contributed by atoms with Crippen LogP contribution in [-0.4, -0.2) is 37.0 Å². The third kappa shape index (κ3) is 3.35. The monoisotopic (exact) mass is 328 g/mol. The van der Waals surface area contributed by atoms with Crippen molar-refractivity contribution in [3.8, 4) is 0 Å². The summed E-state index contributed by atoms with van der Waals surface area (Å²) in [6.45, 7) is 7.19. The van der Waals surface area contributed by atoms with Crippen LogP contribution in [-0.2, 0) is 0 Å². The Hall–Kier alpha value is -2.00. The van der Waals surface area contributed by atoms with E-state index in [1.165, 1.54) is 5.69 Å². The van der Waals surface area contributed by atoms with Gasteiger partial charge in [-0.05, 0) is 43.7 Å². The normalized spacial score (nSPS) is 14.9. The Balaban J connectivity index is 1.69. The molecule has 1 fully saturated rings. The number of halogens is 1. The van der Waals surface area contributed by atoms with Gasteiger partial charge >= 0.3 is 0 Å². The lowest BCUT2D eigenvalue weighted by atomic mass is 10.1. The highest BCUT2D eigenvalue weighted by Gasteiger charge is 2.23. The number of hydrogen-bond donors (Lipinski definition) is 0. The number of aryl methyl sites for hydroxylation is 1. The second-order valence-electron chi connectivity index (χ2n) is 6.03. The quantitative estimate of drug-likeness (QED) is 0.834. The van der Waals surface area contributed by atoms with E-state index in [4.69, 9.17) is 11.6 Å². The third-order valence-corrected chi connectivity index (χ3v) is 4.82. The topological polar surface area (TPSA) is 23.6 Å². The number of rotatable bonds is 2. The fourth-order valence-corrected chi connectivity index (χ4v) is 3.22. The molecule has 0 spiro atoms. The van der Waals surface area contributed by atoms with Crippen LogP contribution in [0.1, 0.15) is 21.5 Å². The molecule has 1 aliphatic heterocycles. The summed E-state index contributed by atoms with van der Waals surface area (Å²) in [5.74, 6) is 0.121. The lowest BCUT2D eigenvalue weighted by Gasteiger charge is -2.37. The van der Waals surface area contributed by atoms with Crippen LogP contribution >= 0.6 is 11.6 Å². The number of carbonyl (C=O) groups is 1. The van der Waals surface area contributed by atoms with E-state index in [1.54, 1.807) is 0 Å². The van der Waals surface area contributed by atoms with E-state index in [-0.39, 0.29) is 5.91 Å². The molecule has 0 saturated carbocycles. The van der Waals surface area contributed by atoms with E-state index in [9.17, 15) is 4.79 Å². The highest BCUT2D eigenvalue weighted by atomic mass is 35.5. The molecule has 0 aromatic heterocycles. The number of amides is 1. The Bertz CT molecular complexity index is 721. The van der Waals surface area contributed by atoms with Gasteiger partial charge in [-0.2, -0.15) is 0 Å². The van der Waals surface area contributed by atoms with Crippen molar-refractivity contribution in [1.29, 1.82) is 0 Å². The van der Waals surface area contributed by atoms with Crippen molar-refractivity contribution in [2.75, 3.05) is 31.1 Å². The summed E-state index contributed by atoms with van der Waals surface area (Å²) in [6, 6.07) is 13.8. The molecule has 0 unspecified atom stereocenters. The van der Waals surface area contributed by atoms with Crippen LogP contribution in [0.15, 0.2) is 42.5 Å². The average molecular weight is 329 g/mol. The van der Waals surface area contributed by atoms with Gasteiger partial charge < -0.3 is 9.80 Å². The molecule has 3 nitrogen and oxygen atoms in total. The largest absolute Gasteiger partial charge is 0.368 e. The van der Waals surface area contributed by atoms with Gasteiger partial charge in [-0.25, -0.2) is 0 Å². The Morgan fingerprint density at radius 3 is 2.39 bits per heavy atom. The number of hydrogen-bond acceptors (Lipinski definition) is 2. The van der Waals surface area contributed by atoms with Crippen LogP contribution in [0.2, 0.25) is 5.02 Å². The van der Waals surface area contributed by atoms with Gasteiger partial charge in [0.25, 0.3) is 5.91 Å². The van der Waals surface area contributed by atoms with Crippen LogP contribution in [0, 0.1) is 13.8 Å². The highest BCUT2D eigenvalue weighted by Crippen LogP contribution is 2.27. The zero-order valence-electron chi connectivity index (χ0n) is 13.6. The molecule has 0 atom stereocenters. The minimum atomic E-state index is 0.121. The van der Waals surface area contributed by atoms with Crippen molar-refractivity contribution < 1.29 is 4.79 Å². The number of carbonyl (C=O) groups excluding carboxylic acids is 1. The van der Waals surface area contributed by atoms with Crippen molar-refractivity contribution in [1.82, 2.24) is 4.90 Å². The first-order valence-electron chi connectivity index (χ1n) is 7.92. The highest BCUT2D eigenvalue weighted by molar-refractivity contribution is 6.31. The first kappa shape index (κ1) is 15.9. The second-order valence-corrected chi connectivity index (χ2v) is 6.44. The van der Waals surface area contributed by atoms with Gasteiger partial charge in [0.15, 0.2) is 0 Å². The van der Waals surface area contributed by atoms with Gasteiger partial charge in [-0.15, -0.1) is 0 Å². The smallest absolute Gasteiger partial charge is 0.253 e. The lowest BCUT2D eigenvalue weighted by molar-refractivity contribution is 0.0746. The maximum absolute atomic E-state index is 12.6. The van der Waals surface area contributed by atoms with Crippen molar-refractivity contribution >= 4 is 23.2 Å². The SMILES string of the molecule is Cc1cccc(C(=O)N2CCN(c3cccc(Cl)c3C)CC2)c1. The molecule has 0 aliphatic carbocycles. The summed E-state index contributed by atoms with van der Waals surface area (Å²) < 4.78 is 0. The minimum absolute atomic E-state index is 0.121. The predicted molar refractivity (Wildman–Crippen MR) is 95.5 cm³/mol.